The normalized spacial score (nSPS) is 18.6. The van der Waals surface area contributed by atoms with Gasteiger partial charge in [-0.25, -0.2) is 4.98 Å². The molecule has 4 nitrogen and oxygen atoms in total. The molecule has 1 aromatic heterocycles. The Morgan fingerprint density at radius 3 is 3.12 bits per heavy atom. The van der Waals surface area contributed by atoms with Crippen molar-refractivity contribution in [3.8, 4) is 0 Å². The van der Waals surface area contributed by atoms with Crippen molar-refractivity contribution in [2.75, 3.05) is 30.9 Å². The summed E-state index contributed by atoms with van der Waals surface area (Å²) < 4.78 is 5.52. The predicted molar refractivity (Wildman–Crippen MR) is 70.3 cm³/mol. The fourth-order valence-corrected chi connectivity index (χ4v) is 1.85. The summed E-state index contributed by atoms with van der Waals surface area (Å²) in [5.41, 5.74) is 1.05. The minimum absolute atomic E-state index is 0.259. The Labute approximate surface area is 102 Å². The van der Waals surface area contributed by atoms with Crippen LogP contribution in [0.15, 0.2) is 30.7 Å². The molecule has 1 N–H and O–H groups in total. The van der Waals surface area contributed by atoms with Gasteiger partial charge in [0.05, 0.1) is 18.5 Å². The zero-order valence-corrected chi connectivity index (χ0v) is 10.4. The highest BCUT2D eigenvalue weighted by atomic mass is 16.5. The molecule has 1 atom stereocenters. The van der Waals surface area contributed by atoms with E-state index in [1.54, 1.807) is 12.5 Å². The van der Waals surface area contributed by atoms with Crippen LogP contribution in [0.4, 0.5) is 11.5 Å². The van der Waals surface area contributed by atoms with Crippen LogP contribution < -0.4 is 10.2 Å². The van der Waals surface area contributed by atoms with Gasteiger partial charge in [-0.3, -0.25) is 0 Å². The monoisotopic (exact) mass is 233 g/mol. The third-order valence-corrected chi connectivity index (χ3v) is 2.75. The first-order chi connectivity index (χ1) is 8.27. The van der Waals surface area contributed by atoms with E-state index < -0.39 is 0 Å². The van der Waals surface area contributed by atoms with Gasteiger partial charge in [0.1, 0.15) is 6.10 Å². The summed E-state index contributed by atoms with van der Waals surface area (Å²) >= 11 is 0. The van der Waals surface area contributed by atoms with E-state index >= 15 is 0 Å². The molecule has 0 amide bonds. The molecule has 1 aliphatic heterocycles. The number of nitrogens with zero attached hydrogens (tertiary/aromatic N) is 2. The Bertz CT molecular complexity index is 390. The number of allylic oxidation sites excluding steroid dienone is 1. The van der Waals surface area contributed by atoms with Crippen LogP contribution in [0, 0.1) is 0 Å². The van der Waals surface area contributed by atoms with Gasteiger partial charge in [-0.2, -0.15) is 0 Å². The Morgan fingerprint density at radius 1 is 1.53 bits per heavy atom. The summed E-state index contributed by atoms with van der Waals surface area (Å²) in [4.78, 5) is 6.35. The molecule has 0 saturated carbocycles. The van der Waals surface area contributed by atoms with Crippen molar-refractivity contribution in [2.24, 2.45) is 0 Å². The van der Waals surface area contributed by atoms with Crippen molar-refractivity contribution >= 4 is 11.5 Å². The van der Waals surface area contributed by atoms with Crippen LogP contribution >= 0.6 is 0 Å². The van der Waals surface area contributed by atoms with Crippen LogP contribution in [-0.2, 0) is 4.74 Å². The molecular formula is C13H19N3O. The summed E-state index contributed by atoms with van der Waals surface area (Å²) in [5.74, 6) is 0.957. The summed E-state index contributed by atoms with van der Waals surface area (Å²) in [5, 5.41) is 3.40. The second-order valence-corrected chi connectivity index (χ2v) is 4.36. The van der Waals surface area contributed by atoms with E-state index in [2.05, 4.69) is 16.4 Å². The van der Waals surface area contributed by atoms with Crippen LogP contribution in [0.3, 0.4) is 0 Å². The maximum atomic E-state index is 5.52. The lowest BCUT2D eigenvalue weighted by Crippen LogP contribution is -2.24. The van der Waals surface area contributed by atoms with Gasteiger partial charge in [-0.05, 0) is 31.1 Å². The molecule has 0 radical (unpaired) electrons. The number of ether oxygens (including phenoxy) is 1. The van der Waals surface area contributed by atoms with Gasteiger partial charge in [0.15, 0.2) is 5.82 Å². The van der Waals surface area contributed by atoms with E-state index in [-0.39, 0.29) is 6.10 Å². The van der Waals surface area contributed by atoms with Crippen LogP contribution in [0.2, 0.25) is 0 Å². The number of hydrogen-bond acceptors (Lipinski definition) is 4. The van der Waals surface area contributed by atoms with Crippen molar-refractivity contribution in [2.45, 2.75) is 18.9 Å². The zero-order chi connectivity index (χ0) is 12.1. The quantitative estimate of drug-likeness (QED) is 0.865. The maximum absolute atomic E-state index is 5.52. The highest BCUT2D eigenvalue weighted by molar-refractivity contribution is 5.64. The molecule has 0 bridgehead atoms. The first-order valence-electron chi connectivity index (χ1n) is 5.94. The largest absolute Gasteiger partial charge is 0.497 e. The van der Waals surface area contributed by atoms with Crippen molar-refractivity contribution in [3.63, 3.8) is 0 Å². The Morgan fingerprint density at radius 2 is 2.41 bits per heavy atom. The number of pyridine rings is 1. The molecule has 0 aromatic carbocycles. The smallest absolute Gasteiger partial charge is 0.151 e. The number of rotatable bonds is 4. The lowest BCUT2D eigenvalue weighted by molar-refractivity contribution is 0.135. The predicted octanol–water partition coefficient (Wildman–Crippen LogP) is 2.25. The van der Waals surface area contributed by atoms with Crippen molar-refractivity contribution in [1.29, 1.82) is 0 Å². The van der Waals surface area contributed by atoms with Gasteiger partial charge in [-0.1, -0.05) is 0 Å². The van der Waals surface area contributed by atoms with E-state index in [0.29, 0.717) is 0 Å². The SMILES string of the molecule is CN(C)c1ncccc1NCC1CCC=CO1. The molecule has 0 spiro atoms. The van der Waals surface area contributed by atoms with Gasteiger partial charge >= 0.3 is 0 Å². The summed E-state index contributed by atoms with van der Waals surface area (Å²) in [6, 6.07) is 3.98. The molecule has 0 saturated heterocycles. The third-order valence-electron chi connectivity index (χ3n) is 2.75. The molecular weight excluding hydrogens is 214 g/mol. The second-order valence-electron chi connectivity index (χ2n) is 4.36. The highest BCUT2D eigenvalue weighted by Gasteiger charge is 2.12. The molecule has 2 rings (SSSR count). The average Bonchev–Trinajstić information content (AvgIpc) is 2.38. The summed E-state index contributed by atoms with van der Waals surface area (Å²) in [6.45, 7) is 0.816. The average molecular weight is 233 g/mol. The Balaban J connectivity index is 1.96. The van der Waals surface area contributed by atoms with Gasteiger partial charge in [0, 0.05) is 20.3 Å². The minimum Gasteiger partial charge on any atom is -0.497 e. The molecule has 1 aromatic rings. The lowest BCUT2D eigenvalue weighted by atomic mass is 10.1. The molecule has 17 heavy (non-hydrogen) atoms. The van der Waals surface area contributed by atoms with Crippen LogP contribution in [-0.4, -0.2) is 31.7 Å². The van der Waals surface area contributed by atoms with E-state index in [0.717, 1.165) is 30.9 Å². The third kappa shape index (κ3) is 3.12. The van der Waals surface area contributed by atoms with E-state index in [9.17, 15) is 0 Å². The Hall–Kier alpha value is -1.71. The fourth-order valence-electron chi connectivity index (χ4n) is 1.85. The second kappa shape index (κ2) is 5.57. The zero-order valence-electron chi connectivity index (χ0n) is 10.4. The maximum Gasteiger partial charge on any atom is 0.151 e. The van der Waals surface area contributed by atoms with Crippen molar-refractivity contribution < 1.29 is 4.74 Å². The van der Waals surface area contributed by atoms with Gasteiger partial charge in [0.25, 0.3) is 0 Å². The number of nitrogens with one attached hydrogen (secondary N) is 1. The molecule has 92 valence electrons. The molecule has 0 aliphatic carbocycles. The number of hydrogen-bond donors (Lipinski definition) is 1. The molecule has 1 aliphatic rings. The highest BCUT2D eigenvalue weighted by Crippen LogP contribution is 2.21. The van der Waals surface area contributed by atoms with Crippen LogP contribution in [0.1, 0.15) is 12.8 Å². The standard InChI is InChI=1S/C13H19N3O/c1-16(2)13-12(7-5-8-14-13)15-10-11-6-3-4-9-17-11/h4-5,7-9,11,15H,3,6,10H2,1-2H3. The van der Waals surface area contributed by atoms with E-state index in [1.165, 1.54) is 0 Å². The topological polar surface area (TPSA) is 37.4 Å². The fraction of sp³-hybridized carbons (Fsp3) is 0.462. The molecule has 0 fully saturated rings. The number of anilines is 2. The molecule has 1 unspecified atom stereocenters. The first kappa shape index (κ1) is 11.8. The summed E-state index contributed by atoms with van der Waals surface area (Å²) in [7, 11) is 3.99. The first-order valence-corrected chi connectivity index (χ1v) is 5.94. The van der Waals surface area contributed by atoms with Gasteiger partial charge in [0.2, 0.25) is 0 Å². The van der Waals surface area contributed by atoms with Crippen LogP contribution in [0.25, 0.3) is 0 Å². The van der Waals surface area contributed by atoms with Gasteiger partial charge in [-0.15, -0.1) is 0 Å². The Kier molecular flexibility index (Phi) is 3.85. The van der Waals surface area contributed by atoms with Crippen molar-refractivity contribution in [1.82, 2.24) is 4.98 Å². The molecule has 4 heteroatoms. The molecule has 2 heterocycles. The van der Waals surface area contributed by atoms with E-state index in [1.807, 2.05) is 31.1 Å². The lowest BCUT2D eigenvalue weighted by Gasteiger charge is -2.22. The van der Waals surface area contributed by atoms with Crippen LogP contribution in [0.5, 0.6) is 0 Å². The summed E-state index contributed by atoms with van der Waals surface area (Å²) in [6.07, 6.45) is 8.09. The van der Waals surface area contributed by atoms with Gasteiger partial charge < -0.3 is 15.0 Å². The minimum atomic E-state index is 0.259. The number of aromatic nitrogens is 1. The van der Waals surface area contributed by atoms with Crippen molar-refractivity contribution in [3.05, 3.63) is 30.7 Å². The van der Waals surface area contributed by atoms with E-state index in [4.69, 9.17) is 4.74 Å².